The van der Waals surface area contributed by atoms with Crippen LogP contribution < -0.4 is 0 Å². The fourth-order valence-corrected chi connectivity index (χ4v) is 2.74. The van der Waals surface area contributed by atoms with Crippen molar-refractivity contribution in [3.05, 3.63) is 96.3 Å². The van der Waals surface area contributed by atoms with Crippen LogP contribution in [0.5, 0.6) is 0 Å². The van der Waals surface area contributed by atoms with E-state index in [1.165, 1.54) is 0 Å². The molecule has 122 valence electrons. The molecule has 0 aliphatic rings. The number of aromatic nitrogens is 4. The molecule has 0 saturated heterocycles. The Labute approximate surface area is 145 Å². The Kier molecular flexibility index (Phi) is 4.29. The molecule has 0 spiro atoms. The van der Waals surface area contributed by atoms with Gasteiger partial charge in [0.1, 0.15) is 0 Å². The molecule has 5 heteroatoms. The third-order valence-corrected chi connectivity index (χ3v) is 3.97. The molecule has 0 unspecified atom stereocenters. The highest BCUT2D eigenvalue weighted by Gasteiger charge is 2.20. The largest absolute Gasteiger partial charge is 0.334 e. The average Bonchev–Trinajstić information content (AvgIpc) is 3.17. The van der Waals surface area contributed by atoms with E-state index in [-0.39, 0.29) is 5.92 Å². The third-order valence-electron chi connectivity index (χ3n) is 3.97. The predicted molar refractivity (Wildman–Crippen MR) is 93.8 cm³/mol. The first-order chi connectivity index (χ1) is 12.4. The molecule has 0 saturated carbocycles. The first-order valence-corrected chi connectivity index (χ1v) is 8.10. The van der Waals surface area contributed by atoms with Gasteiger partial charge in [-0.3, -0.25) is 9.97 Å². The van der Waals surface area contributed by atoms with Crippen LogP contribution in [0.3, 0.4) is 0 Å². The summed E-state index contributed by atoms with van der Waals surface area (Å²) in [6.07, 6.45) is 4.15. The predicted octanol–water partition coefficient (Wildman–Crippen LogP) is 3.90. The van der Waals surface area contributed by atoms with Crippen LogP contribution in [-0.2, 0) is 6.42 Å². The summed E-state index contributed by atoms with van der Waals surface area (Å²) < 4.78 is 5.42. The molecule has 4 aromatic rings. The minimum absolute atomic E-state index is 0.0244. The van der Waals surface area contributed by atoms with Gasteiger partial charge in [0.2, 0.25) is 0 Å². The molecule has 0 radical (unpaired) electrons. The zero-order valence-electron chi connectivity index (χ0n) is 13.5. The van der Waals surface area contributed by atoms with Crippen LogP contribution in [0, 0.1) is 0 Å². The zero-order valence-corrected chi connectivity index (χ0v) is 13.5. The van der Waals surface area contributed by atoms with Crippen molar-refractivity contribution in [2.24, 2.45) is 0 Å². The van der Waals surface area contributed by atoms with E-state index < -0.39 is 0 Å². The van der Waals surface area contributed by atoms with Gasteiger partial charge in [-0.2, -0.15) is 4.98 Å². The molecule has 25 heavy (non-hydrogen) atoms. The first kappa shape index (κ1) is 15.2. The van der Waals surface area contributed by atoms with E-state index in [9.17, 15) is 0 Å². The summed E-state index contributed by atoms with van der Waals surface area (Å²) in [6, 6.07) is 21.5. The number of hydrogen-bond donors (Lipinski definition) is 0. The van der Waals surface area contributed by atoms with E-state index in [4.69, 9.17) is 4.52 Å². The minimum Gasteiger partial charge on any atom is -0.334 e. The molecule has 0 aliphatic carbocycles. The Morgan fingerprint density at radius 1 is 0.760 bits per heavy atom. The van der Waals surface area contributed by atoms with E-state index in [2.05, 4.69) is 20.1 Å². The topological polar surface area (TPSA) is 64.7 Å². The van der Waals surface area contributed by atoms with Crippen molar-refractivity contribution >= 4 is 0 Å². The fourth-order valence-electron chi connectivity index (χ4n) is 2.74. The molecular weight excluding hydrogens is 312 g/mol. The number of pyridine rings is 2. The number of hydrogen-bond acceptors (Lipinski definition) is 5. The number of rotatable bonds is 5. The van der Waals surface area contributed by atoms with Gasteiger partial charge in [-0.1, -0.05) is 35.5 Å². The zero-order chi connectivity index (χ0) is 16.9. The summed E-state index contributed by atoms with van der Waals surface area (Å²) in [5.74, 6) is 1.14. The van der Waals surface area contributed by atoms with Crippen molar-refractivity contribution < 1.29 is 4.52 Å². The Balaban J connectivity index is 1.65. The highest BCUT2D eigenvalue weighted by molar-refractivity contribution is 5.52. The van der Waals surface area contributed by atoms with Gasteiger partial charge in [0.15, 0.2) is 5.82 Å². The van der Waals surface area contributed by atoms with E-state index in [1.54, 1.807) is 12.4 Å². The normalized spacial score (nSPS) is 10.9. The fraction of sp³-hybridized carbons (Fsp3) is 0.100. The smallest absolute Gasteiger partial charge is 0.257 e. The van der Waals surface area contributed by atoms with Crippen LogP contribution in [0.1, 0.15) is 23.1 Å². The molecule has 0 atom stereocenters. The van der Waals surface area contributed by atoms with Crippen LogP contribution in [0.15, 0.2) is 83.6 Å². The van der Waals surface area contributed by atoms with E-state index in [0.717, 1.165) is 17.0 Å². The maximum atomic E-state index is 5.42. The second-order valence-corrected chi connectivity index (χ2v) is 5.65. The van der Waals surface area contributed by atoms with Crippen molar-refractivity contribution in [3.63, 3.8) is 0 Å². The second kappa shape index (κ2) is 7.05. The quantitative estimate of drug-likeness (QED) is 0.556. The molecule has 0 amide bonds. The summed E-state index contributed by atoms with van der Waals surface area (Å²) in [4.78, 5) is 13.5. The molecule has 3 aromatic heterocycles. The van der Waals surface area contributed by atoms with Crippen LogP contribution in [0.2, 0.25) is 0 Å². The SMILES string of the molecule is c1ccc(-c2nc(CC(c3ccccn3)c3ccccn3)no2)cc1. The second-order valence-electron chi connectivity index (χ2n) is 5.65. The molecule has 4 rings (SSSR count). The van der Waals surface area contributed by atoms with Gasteiger partial charge in [-0.05, 0) is 36.4 Å². The van der Waals surface area contributed by atoms with Gasteiger partial charge in [0.25, 0.3) is 5.89 Å². The lowest BCUT2D eigenvalue weighted by atomic mass is 9.96. The maximum absolute atomic E-state index is 5.42. The molecule has 5 nitrogen and oxygen atoms in total. The third kappa shape index (κ3) is 3.45. The van der Waals surface area contributed by atoms with Gasteiger partial charge in [-0.15, -0.1) is 0 Å². The number of nitrogens with zero attached hydrogens (tertiary/aromatic N) is 4. The van der Waals surface area contributed by atoms with E-state index in [0.29, 0.717) is 18.1 Å². The molecule has 0 fully saturated rings. The summed E-state index contributed by atoms with van der Waals surface area (Å²) in [5, 5.41) is 4.14. The standard InChI is InChI=1S/C20H16N4O/c1-2-8-15(9-3-1)20-23-19(24-25-20)14-16(17-10-4-6-12-21-17)18-11-5-7-13-22-18/h1-13,16H,14H2. The van der Waals surface area contributed by atoms with Gasteiger partial charge in [0.05, 0.1) is 5.92 Å². The van der Waals surface area contributed by atoms with Gasteiger partial charge >= 0.3 is 0 Å². The van der Waals surface area contributed by atoms with Crippen molar-refractivity contribution in [1.82, 2.24) is 20.1 Å². The first-order valence-electron chi connectivity index (χ1n) is 8.10. The Bertz CT molecular complexity index is 884. The molecule has 3 heterocycles. The van der Waals surface area contributed by atoms with Crippen molar-refractivity contribution in [3.8, 4) is 11.5 Å². The summed E-state index contributed by atoms with van der Waals surface area (Å²) in [7, 11) is 0. The van der Waals surface area contributed by atoms with Gasteiger partial charge in [0, 0.05) is 35.8 Å². The summed E-state index contributed by atoms with van der Waals surface area (Å²) >= 11 is 0. The lowest BCUT2D eigenvalue weighted by molar-refractivity contribution is 0.421. The maximum Gasteiger partial charge on any atom is 0.257 e. The highest BCUT2D eigenvalue weighted by atomic mass is 16.5. The highest BCUT2D eigenvalue weighted by Crippen LogP contribution is 2.26. The number of benzene rings is 1. The van der Waals surface area contributed by atoms with Gasteiger partial charge < -0.3 is 4.52 Å². The van der Waals surface area contributed by atoms with E-state index >= 15 is 0 Å². The molecule has 1 aromatic carbocycles. The van der Waals surface area contributed by atoms with Gasteiger partial charge in [-0.25, -0.2) is 0 Å². The summed E-state index contributed by atoms with van der Waals surface area (Å²) in [6.45, 7) is 0. The monoisotopic (exact) mass is 328 g/mol. The van der Waals surface area contributed by atoms with Crippen LogP contribution >= 0.6 is 0 Å². The van der Waals surface area contributed by atoms with Crippen molar-refractivity contribution in [2.75, 3.05) is 0 Å². The Morgan fingerprint density at radius 2 is 1.40 bits per heavy atom. The molecule has 0 N–H and O–H groups in total. The van der Waals surface area contributed by atoms with Crippen molar-refractivity contribution in [2.45, 2.75) is 12.3 Å². The minimum atomic E-state index is -0.0244. The van der Waals surface area contributed by atoms with Crippen LogP contribution in [0.4, 0.5) is 0 Å². The van der Waals surface area contributed by atoms with E-state index in [1.807, 2.05) is 66.7 Å². The molecule has 0 bridgehead atoms. The molecular formula is C20H16N4O. The lowest BCUT2D eigenvalue weighted by Gasteiger charge is -2.13. The van der Waals surface area contributed by atoms with Crippen molar-refractivity contribution in [1.29, 1.82) is 0 Å². The van der Waals surface area contributed by atoms with Crippen LogP contribution in [0.25, 0.3) is 11.5 Å². The summed E-state index contributed by atoms with van der Waals surface area (Å²) in [5.41, 5.74) is 2.79. The van der Waals surface area contributed by atoms with Crippen LogP contribution in [-0.4, -0.2) is 20.1 Å². The Morgan fingerprint density at radius 3 is 2.00 bits per heavy atom. The average molecular weight is 328 g/mol. The lowest BCUT2D eigenvalue weighted by Crippen LogP contribution is -2.09. The Hall–Kier alpha value is -3.34. The molecule has 0 aliphatic heterocycles.